The largest absolute Gasteiger partial charge is 0.0727 e. The average molecular weight is 264 g/mol. The molecule has 2 aromatic carbocycles. The minimum absolute atomic E-state index is 1.19. The van der Waals surface area contributed by atoms with Gasteiger partial charge in [-0.25, -0.2) is 0 Å². The third-order valence-corrected chi connectivity index (χ3v) is 3.72. The predicted octanol–water partition coefficient (Wildman–Crippen LogP) is 5.81. The van der Waals surface area contributed by atoms with E-state index in [1.807, 2.05) is 0 Å². The molecule has 20 heavy (non-hydrogen) atoms. The van der Waals surface area contributed by atoms with Gasteiger partial charge in [0.25, 0.3) is 0 Å². The number of unbranched alkanes of at least 4 members (excludes halogenated alkanes) is 1. The van der Waals surface area contributed by atoms with Gasteiger partial charge in [0.1, 0.15) is 0 Å². The molecule has 0 aromatic heterocycles. The average Bonchev–Trinajstić information content (AvgIpc) is 2.47. The highest BCUT2D eigenvalue weighted by Gasteiger charge is 1.97. The maximum Gasteiger partial charge on any atom is -0.0228 e. The molecule has 104 valence electrons. The van der Waals surface area contributed by atoms with Gasteiger partial charge in [0, 0.05) is 0 Å². The van der Waals surface area contributed by atoms with Crippen LogP contribution in [0.4, 0.5) is 0 Å². The quantitative estimate of drug-likeness (QED) is 0.577. The van der Waals surface area contributed by atoms with Crippen LogP contribution in [0.15, 0.2) is 60.2 Å². The molecule has 0 aliphatic carbocycles. The molecule has 0 spiro atoms. The molecule has 0 heteroatoms. The number of aryl methyl sites for hydroxylation is 2. The van der Waals surface area contributed by atoms with Gasteiger partial charge in [0.05, 0.1) is 0 Å². The summed E-state index contributed by atoms with van der Waals surface area (Å²) in [6.45, 7) is 4.42. The Hall–Kier alpha value is -1.82. The molecule has 0 radical (unpaired) electrons. The highest BCUT2D eigenvalue weighted by Crippen LogP contribution is 2.16. The van der Waals surface area contributed by atoms with Crippen molar-refractivity contribution in [2.45, 2.75) is 39.5 Å². The molecule has 0 saturated carbocycles. The number of hydrogen-bond acceptors (Lipinski definition) is 0. The van der Waals surface area contributed by atoms with Crippen LogP contribution in [-0.4, -0.2) is 0 Å². The maximum atomic E-state index is 2.33. The Labute approximate surface area is 123 Å². The van der Waals surface area contributed by atoms with Gasteiger partial charge in [-0.2, -0.15) is 0 Å². The van der Waals surface area contributed by atoms with Crippen molar-refractivity contribution in [1.82, 2.24) is 0 Å². The Bertz CT molecular complexity index is 549. The third kappa shape index (κ3) is 4.70. The van der Waals surface area contributed by atoms with Crippen LogP contribution in [0.3, 0.4) is 0 Å². The van der Waals surface area contributed by atoms with E-state index in [2.05, 4.69) is 74.5 Å². The lowest BCUT2D eigenvalue weighted by Crippen LogP contribution is -1.87. The van der Waals surface area contributed by atoms with Gasteiger partial charge in [-0.3, -0.25) is 0 Å². The van der Waals surface area contributed by atoms with E-state index in [1.54, 1.807) is 0 Å². The molecule has 0 fully saturated rings. The Morgan fingerprint density at radius 3 is 2.35 bits per heavy atom. The summed E-state index contributed by atoms with van der Waals surface area (Å²) in [4.78, 5) is 0. The lowest BCUT2D eigenvalue weighted by molar-refractivity contribution is 0.731. The Kier molecular flexibility index (Phi) is 5.61. The van der Waals surface area contributed by atoms with Crippen LogP contribution < -0.4 is 0 Å². The van der Waals surface area contributed by atoms with Crippen molar-refractivity contribution in [1.29, 1.82) is 0 Å². The first kappa shape index (κ1) is 14.6. The summed E-state index contributed by atoms with van der Waals surface area (Å²) in [5.74, 6) is 0. The van der Waals surface area contributed by atoms with Crippen LogP contribution in [0.1, 0.15) is 42.9 Å². The van der Waals surface area contributed by atoms with Crippen LogP contribution in [-0.2, 0) is 6.42 Å². The summed E-state index contributed by atoms with van der Waals surface area (Å²) in [6, 6.07) is 19.3. The van der Waals surface area contributed by atoms with Crippen molar-refractivity contribution in [3.63, 3.8) is 0 Å². The van der Waals surface area contributed by atoms with Crippen LogP contribution in [0, 0.1) is 6.92 Å². The minimum atomic E-state index is 1.19. The van der Waals surface area contributed by atoms with Crippen molar-refractivity contribution in [3.05, 3.63) is 76.9 Å². The summed E-state index contributed by atoms with van der Waals surface area (Å²) in [7, 11) is 0. The molecule has 0 aliphatic heterocycles. The molecule has 0 unspecified atom stereocenters. The molecule has 0 bridgehead atoms. The summed E-state index contributed by atoms with van der Waals surface area (Å²) in [5.41, 5.74) is 5.64. The van der Waals surface area contributed by atoms with Gasteiger partial charge in [0.15, 0.2) is 0 Å². The Morgan fingerprint density at radius 1 is 0.900 bits per heavy atom. The first-order valence-corrected chi connectivity index (χ1v) is 7.52. The normalized spacial score (nSPS) is 11.6. The second kappa shape index (κ2) is 7.69. The zero-order valence-electron chi connectivity index (χ0n) is 12.6. The summed E-state index contributed by atoms with van der Waals surface area (Å²) >= 11 is 0. The zero-order valence-corrected chi connectivity index (χ0v) is 12.6. The lowest BCUT2D eigenvalue weighted by Gasteiger charge is -2.05. The van der Waals surface area contributed by atoms with E-state index in [0.29, 0.717) is 0 Å². The van der Waals surface area contributed by atoms with Gasteiger partial charge in [-0.05, 0) is 56.2 Å². The highest BCUT2D eigenvalue weighted by atomic mass is 14.0. The second-order valence-corrected chi connectivity index (χ2v) is 5.54. The van der Waals surface area contributed by atoms with Gasteiger partial charge in [0.2, 0.25) is 0 Å². The fourth-order valence-electron chi connectivity index (χ4n) is 2.46. The van der Waals surface area contributed by atoms with E-state index in [9.17, 15) is 0 Å². The number of benzene rings is 2. The molecule has 2 rings (SSSR count). The minimum Gasteiger partial charge on any atom is -0.0727 e. The van der Waals surface area contributed by atoms with Gasteiger partial charge in [-0.1, -0.05) is 66.2 Å². The van der Waals surface area contributed by atoms with Crippen molar-refractivity contribution in [2.75, 3.05) is 0 Å². The van der Waals surface area contributed by atoms with Crippen molar-refractivity contribution in [3.8, 4) is 0 Å². The molecular weight excluding hydrogens is 240 g/mol. The van der Waals surface area contributed by atoms with E-state index >= 15 is 0 Å². The van der Waals surface area contributed by atoms with E-state index in [0.717, 1.165) is 0 Å². The number of rotatable bonds is 6. The van der Waals surface area contributed by atoms with Crippen LogP contribution >= 0.6 is 0 Å². The smallest absolute Gasteiger partial charge is 0.0228 e. The first-order valence-electron chi connectivity index (χ1n) is 7.52. The molecule has 0 atom stereocenters. The molecule has 0 aliphatic rings. The van der Waals surface area contributed by atoms with E-state index in [1.165, 1.54) is 47.9 Å². The molecule has 0 saturated heterocycles. The topological polar surface area (TPSA) is 0 Å². The first-order chi connectivity index (χ1) is 9.75. The molecule has 0 N–H and O–H groups in total. The van der Waals surface area contributed by atoms with Crippen LogP contribution in [0.25, 0.3) is 6.08 Å². The summed E-state index contributed by atoms with van der Waals surface area (Å²) < 4.78 is 0. The molecule has 0 nitrogen and oxygen atoms in total. The monoisotopic (exact) mass is 264 g/mol. The molecule has 0 amide bonds. The van der Waals surface area contributed by atoms with Crippen LogP contribution in [0.5, 0.6) is 0 Å². The fourth-order valence-corrected chi connectivity index (χ4v) is 2.46. The standard InChI is InChI=1S/C20H24/c1-17(16-20-15-9-7-11-18(20)2)10-6-8-14-19-12-4-3-5-13-19/h3-5,7,9,11-13,15-16H,6,8,10,14H2,1-2H3/b17-16-. The van der Waals surface area contributed by atoms with E-state index in [4.69, 9.17) is 0 Å². The third-order valence-electron chi connectivity index (χ3n) is 3.72. The van der Waals surface area contributed by atoms with E-state index < -0.39 is 0 Å². The lowest BCUT2D eigenvalue weighted by atomic mass is 10.0. The SMILES string of the molecule is C/C(=C/c1ccccc1C)CCCCc1ccccc1. The highest BCUT2D eigenvalue weighted by molar-refractivity contribution is 5.55. The molecule has 2 aromatic rings. The second-order valence-electron chi connectivity index (χ2n) is 5.54. The molecule has 0 heterocycles. The zero-order chi connectivity index (χ0) is 14.2. The Balaban J connectivity index is 1.78. The Morgan fingerprint density at radius 2 is 1.60 bits per heavy atom. The van der Waals surface area contributed by atoms with Crippen LogP contribution in [0.2, 0.25) is 0 Å². The predicted molar refractivity (Wildman–Crippen MR) is 88.8 cm³/mol. The van der Waals surface area contributed by atoms with Gasteiger partial charge in [-0.15, -0.1) is 0 Å². The van der Waals surface area contributed by atoms with Gasteiger partial charge >= 0.3 is 0 Å². The van der Waals surface area contributed by atoms with Crippen molar-refractivity contribution >= 4 is 6.08 Å². The molecular formula is C20H24. The summed E-state index contributed by atoms with van der Waals surface area (Å²) in [6.07, 6.45) is 7.25. The number of allylic oxidation sites excluding steroid dienone is 1. The number of hydrogen-bond donors (Lipinski definition) is 0. The van der Waals surface area contributed by atoms with Gasteiger partial charge < -0.3 is 0 Å². The fraction of sp³-hybridized carbons (Fsp3) is 0.300. The van der Waals surface area contributed by atoms with Crippen molar-refractivity contribution < 1.29 is 0 Å². The maximum absolute atomic E-state index is 2.33. The summed E-state index contributed by atoms with van der Waals surface area (Å²) in [5, 5.41) is 0. The van der Waals surface area contributed by atoms with E-state index in [-0.39, 0.29) is 0 Å². The van der Waals surface area contributed by atoms with Crippen molar-refractivity contribution in [2.24, 2.45) is 0 Å².